The first-order chi connectivity index (χ1) is 9.20. The molecule has 0 aliphatic rings. The quantitative estimate of drug-likeness (QED) is 0.783. The number of aromatic nitrogens is 1. The Hall–Kier alpha value is -1.81. The van der Waals surface area contributed by atoms with E-state index in [-0.39, 0.29) is 12.0 Å². The van der Waals surface area contributed by atoms with Crippen molar-refractivity contribution in [2.24, 2.45) is 5.73 Å². The third-order valence-corrected chi connectivity index (χ3v) is 3.19. The van der Waals surface area contributed by atoms with E-state index in [1.807, 2.05) is 25.3 Å². The van der Waals surface area contributed by atoms with E-state index in [1.165, 1.54) is 10.9 Å². The number of rotatable bonds is 6. The Bertz CT molecular complexity index is 548. The first kappa shape index (κ1) is 13.6. The zero-order valence-electron chi connectivity index (χ0n) is 11.2. The van der Waals surface area contributed by atoms with Gasteiger partial charge in [0.15, 0.2) is 0 Å². The number of nitrogens with two attached hydrogens (primary N) is 1. The molecule has 0 saturated carbocycles. The fourth-order valence-corrected chi connectivity index (χ4v) is 2.25. The summed E-state index contributed by atoms with van der Waals surface area (Å²) in [6, 6.07) is 8.18. The highest BCUT2D eigenvalue weighted by atomic mass is 16.5. The minimum absolute atomic E-state index is 0.0232. The van der Waals surface area contributed by atoms with Crippen molar-refractivity contribution in [1.29, 1.82) is 0 Å². The molecule has 102 valence electrons. The normalized spacial score (nSPS) is 12.5. The number of hydrogen-bond acceptors (Lipinski definition) is 3. The van der Waals surface area contributed by atoms with Crippen LogP contribution in [0.5, 0.6) is 0 Å². The predicted molar refractivity (Wildman–Crippen MR) is 75.8 cm³/mol. The van der Waals surface area contributed by atoms with Gasteiger partial charge in [-0.25, -0.2) is 0 Å². The molecule has 0 aliphatic heterocycles. The number of hydrogen-bond donors (Lipinski definition) is 2. The Kier molecular flexibility index (Phi) is 4.58. The second-order valence-electron chi connectivity index (χ2n) is 4.66. The van der Waals surface area contributed by atoms with Gasteiger partial charge in [-0.15, -0.1) is 0 Å². The molecule has 1 heterocycles. The Morgan fingerprint density at radius 2 is 2.26 bits per heavy atom. The molecule has 0 spiro atoms. The molecule has 1 atom stereocenters. The molecule has 3 N–H and O–H groups in total. The first-order valence-corrected chi connectivity index (χ1v) is 6.67. The molecule has 19 heavy (non-hydrogen) atoms. The SMILES string of the molecule is CCOC(=O)CCC(N)Cc1cccc2[nH]ccc12. The second-order valence-corrected chi connectivity index (χ2v) is 4.66. The van der Waals surface area contributed by atoms with Crippen LogP contribution in [-0.2, 0) is 16.0 Å². The van der Waals surface area contributed by atoms with Gasteiger partial charge < -0.3 is 15.5 Å². The van der Waals surface area contributed by atoms with Crippen molar-refractivity contribution in [3.05, 3.63) is 36.0 Å². The van der Waals surface area contributed by atoms with E-state index >= 15 is 0 Å². The largest absolute Gasteiger partial charge is 0.466 e. The van der Waals surface area contributed by atoms with E-state index in [4.69, 9.17) is 10.5 Å². The van der Waals surface area contributed by atoms with Gasteiger partial charge in [-0.2, -0.15) is 0 Å². The summed E-state index contributed by atoms with van der Waals surface area (Å²) in [6.45, 7) is 2.24. The number of benzene rings is 1. The van der Waals surface area contributed by atoms with Crippen molar-refractivity contribution >= 4 is 16.9 Å². The topological polar surface area (TPSA) is 68.1 Å². The van der Waals surface area contributed by atoms with Crippen molar-refractivity contribution in [3.8, 4) is 0 Å². The van der Waals surface area contributed by atoms with E-state index in [2.05, 4.69) is 17.1 Å². The zero-order valence-corrected chi connectivity index (χ0v) is 11.2. The molecule has 0 fully saturated rings. The third kappa shape index (κ3) is 3.58. The van der Waals surface area contributed by atoms with Crippen LogP contribution in [0.2, 0.25) is 0 Å². The Morgan fingerprint density at radius 1 is 1.42 bits per heavy atom. The molecule has 0 bridgehead atoms. The van der Waals surface area contributed by atoms with E-state index < -0.39 is 0 Å². The summed E-state index contributed by atoms with van der Waals surface area (Å²) >= 11 is 0. The minimum atomic E-state index is -0.169. The summed E-state index contributed by atoms with van der Waals surface area (Å²) in [5.41, 5.74) is 8.43. The van der Waals surface area contributed by atoms with Gasteiger partial charge in [-0.05, 0) is 37.5 Å². The van der Waals surface area contributed by atoms with Crippen LogP contribution in [0.4, 0.5) is 0 Å². The summed E-state index contributed by atoms with van der Waals surface area (Å²) in [4.78, 5) is 14.5. The Morgan fingerprint density at radius 3 is 3.05 bits per heavy atom. The fourth-order valence-electron chi connectivity index (χ4n) is 2.25. The van der Waals surface area contributed by atoms with Crippen LogP contribution >= 0.6 is 0 Å². The van der Waals surface area contributed by atoms with Crippen LogP contribution in [0.1, 0.15) is 25.3 Å². The average Bonchev–Trinajstić information content (AvgIpc) is 2.86. The molecule has 2 rings (SSSR count). The smallest absolute Gasteiger partial charge is 0.305 e. The van der Waals surface area contributed by atoms with E-state index in [0.717, 1.165) is 11.9 Å². The van der Waals surface area contributed by atoms with Crippen LogP contribution < -0.4 is 5.73 Å². The monoisotopic (exact) mass is 260 g/mol. The van der Waals surface area contributed by atoms with E-state index in [9.17, 15) is 4.79 Å². The predicted octanol–water partition coefficient (Wildman–Crippen LogP) is 2.38. The highest BCUT2D eigenvalue weighted by Crippen LogP contribution is 2.19. The van der Waals surface area contributed by atoms with Gasteiger partial charge in [-0.3, -0.25) is 4.79 Å². The maximum Gasteiger partial charge on any atom is 0.305 e. The van der Waals surface area contributed by atoms with Crippen molar-refractivity contribution in [2.75, 3.05) is 6.61 Å². The Labute approximate surface area is 112 Å². The maximum atomic E-state index is 11.3. The van der Waals surface area contributed by atoms with Crippen LogP contribution in [0.3, 0.4) is 0 Å². The van der Waals surface area contributed by atoms with Crippen molar-refractivity contribution in [1.82, 2.24) is 4.98 Å². The van der Waals surface area contributed by atoms with Crippen molar-refractivity contribution in [2.45, 2.75) is 32.2 Å². The summed E-state index contributed by atoms with van der Waals surface area (Å²) < 4.78 is 4.90. The molecule has 4 heteroatoms. The molecule has 0 radical (unpaired) electrons. The molecule has 0 saturated heterocycles. The number of nitrogens with one attached hydrogen (secondary N) is 1. The molecule has 1 aromatic heterocycles. The number of carbonyl (C=O) groups is 1. The number of fused-ring (bicyclic) bond motifs is 1. The average molecular weight is 260 g/mol. The van der Waals surface area contributed by atoms with E-state index in [0.29, 0.717) is 19.4 Å². The van der Waals surface area contributed by atoms with Crippen molar-refractivity contribution < 1.29 is 9.53 Å². The lowest BCUT2D eigenvalue weighted by Crippen LogP contribution is -2.24. The Balaban J connectivity index is 1.93. The lowest BCUT2D eigenvalue weighted by atomic mass is 10.00. The second kappa shape index (κ2) is 6.38. The van der Waals surface area contributed by atoms with E-state index in [1.54, 1.807) is 0 Å². The van der Waals surface area contributed by atoms with Crippen molar-refractivity contribution in [3.63, 3.8) is 0 Å². The molecular formula is C15H20N2O2. The summed E-state index contributed by atoms with van der Waals surface area (Å²) in [6.07, 6.45) is 3.74. The zero-order chi connectivity index (χ0) is 13.7. The molecule has 2 aromatic rings. The van der Waals surface area contributed by atoms with Crippen LogP contribution in [-0.4, -0.2) is 23.6 Å². The molecule has 4 nitrogen and oxygen atoms in total. The van der Waals surface area contributed by atoms with Gasteiger partial charge in [0.25, 0.3) is 0 Å². The lowest BCUT2D eigenvalue weighted by molar-refractivity contribution is -0.143. The first-order valence-electron chi connectivity index (χ1n) is 6.67. The molecule has 1 aromatic carbocycles. The highest BCUT2D eigenvalue weighted by Gasteiger charge is 2.10. The van der Waals surface area contributed by atoms with Crippen LogP contribution in [0.15, 0.2) is 30.5 Å². The van der Waals surface area contributed by atoms with Gasteiger partial charge in [-0.1, -0.05) is 12.1 Å². The number of H-pyrrole nitrogens is 1. The molecule has 1 unspecified atom stereocenters. The van der Waals surface area contributed by atoms with Gasteiger partial charge in [0.05, 0.1) is 6.61 Å². The molecule has 0 amide bonds. The molecule has 0 aliphatic carbocycles. The maximum absolute atomic E-state index is 11.3. The van der Waals surface area contributed by atoms with Gasteiger partial charge in [0.1, 0.15) is 0 Å². The van der Waals surface area contributed by atoms with Gasteiger partial charge >= 0.3 is 5.97 Å². The fraction of sp³-hybridized carbons (Fsp3) is 0.400. The third-order valence-electron chi connectivity index (χ3n) is 3.19. The number of esters is 1. The number of carbonyl (C=O) groups excluding carboxylic acids is 1. The standard InChI is InChI=1S/C15H20N2O2/c1-2-19-15(18)7-6-12(16)10-11-4-3-5-14-13(11)8-9-17-14/h3-5,8-9,12,17H,2,6-7,10,16H2,1H3. The minimum Gasteiger partial charge on any atom is -0.466 e. The highest BCUT2D eigenvalue weighted by molar-refractivity contribution is 5.82. The summed E-state index contributed by atoms with van der Waals surface area (Å²) in [7, 11) is 0. The van der Waals surface area contributed by atoms with Gasteiger partial charge in [0, 0.05) is 29.6 Å². The number of aromatic amines is 1. The number of ether oxygens (including phenoxy) is 1. The lowest BCUT2D eigenvalue weighted by Gasteiger charge is -2.12. The van der Waals surface area contributed by atoms with Crippen LogP contribution in [0.25, 0.3) is 10.9 Å². The van der Waals surface area contributed by atoms with Gasteiger partial charge in [0.2, 0.25) is 0 Å². The molecular weight excluding hydrogens is 240 g/mol. The summed E-state index contributed by atoms with van der Waals surface area (Å²) in [5, 5.41) is 1.20. The summed E-state index contributed by atoms with van der Waals surface area (Å²) in [5.74, 6) is -0.169. The van der Waals surface area contributed by atoms with Crippen LogP contribution in [0, 0.1) is 0 Å².